The predicted molar refractivity (Wildman–Crippen MR) is 96.2 cm³/mol. The maximum Gasteiger partial charge on any atom is 0.341 e. The fourth-order valence-electron chi connectivity index (χ4n) is 2.10. The van der Waals surface area contributed by atoms with Gasteiger partial charge in [0.1, 0.15) is 11.6 Å². The van der Waals surface area contributed by atoms with Gasteiger partial charge in [-0.3, -0.25) is 4.79 Å². The van der Waals surface area contributed by atoms with Gasteiger partial charge in [0.15, 0.2) is 6.61 Å². The molecule has 2 aromatic carbocycles. The summed E-state index contributed by atoms with van der Waals surface area (Å²) in [5.74, 6) is -1.89. The monoisotopic (exact) mass is 399 g/mol. The molecule has 0 fully saturated rings. The van der Waals surface area contributed by atoms with E-state index in [4.69, 9.17) is 32.7 Å². The molecule has 8 heteroatoms. The van der Waals surface area contributed by atoms with Crippen LogP contribution >= 0.6 is 23.2 Å². The summed E-state index contributed by atoms with van der Waals surface area (Å²) in [5.41, 5.74) is 0.494. The van der Waals surface area contributed by atoms with E-state index in [1.54, 1.807) is 25.2 Å². The van der Waals surface area contributed by atoms with Crippen molar-refractivity contribution < 1.29 is 23.5 Å². The molecule has 5 nitrogen and oxygen atoms in total. The number of esters is 1. The van der Waals surface area contributed by atoms with Crippen LogP contribution in [0.25, 0.3) is 0 Å². The molecule has 2 rings (SSSR count). The molecule has 138 valence electrons. The molecule has 1 amide bonds. The van der Waals surface area contributed by atoms with Gasteiger partial charge in [0.2, 0.25) is 0 Å². The summed E-state index contributed by atoms with van der Waals surface area (Å²) in [6, 6.07) is 8.74. The van der Waals surface area contributed by atoms with Gasteiger partial charge in [0.25, 0.3) is 5.91 Å². The molecular weight excluding hydrogens is 384 g/mol. The Morgan fingerprint density at radius 2 is 1.85 bits per heavy atom. The van der Waals surface area contributed by atoms with Crippen LogP contribution in [0.5, 0.6) is 5.75 Å². The third-order valence-corrected chi connectivity index (χ3v) is 4.29. The molecule has 0 saturated heterocycles. The van der Waals surface area contributed by atoms with Gasteiger partial charge in [0.05, 0.1) is 22.7 Å². The van der Waals surface area contributed by atoms with Crippen LogP contribution in [0.1, 0.15) is 15.9 Å². The van der Waals surface area contributed by atoms with Crippen molar-refractivity contribution in [3.63, 3.8) is 0 Å². The zero-order valence-electron chi connectivity index (χ0n) is 14.1. The van der Waals surface area contributed by atoms with Gasteiger partial charge in [-0.2, -0.15) is 0 Å². The summed E-state index contributed by atoms with van der Waals surface area (Å²) in [4.78, 5) is 25.4. The van der Waals surface area contributed by atoms with Crippen LogP contribution in [0, 0.1) is 5.82 Å². The second-order valence-corrected chi connectivity index (χ2v) is 6.23. The number of hydrogen-bond donors (Lipinski definition) is 0. The quantitative estimate of drug-likeness (QED) is 0.689. The Bertz CT molecular complexity index is 829. The van der Waals surface area contributed by atoms with Gasteiger partial charge in [-0.25, -0.2) is 9.18 Å². The second-order valence-electron chi connectivity index (χ2n) is 5.42. The summed E-state index contributed by atoms with van der Waals surface area (Å²) in [6.07, 6.45) is 0. The number of methoxy groups -OCH3 is 1. The highest BCUT2D eigenvalue weighted by molar-refractivity contribution is 6.42. The Hall–Kier alpha value is -2.31. The average Bonchev–Trinajstić information content (AvgIpc) is 2.62. The molecule has 0 aliphatic rings. The largest absolute Gasteiger partial charge is 0.497 e. The fourth-order valence-corrected chi connectivity index (χ4v) is 2.42. The van der Waals surface area contributed by atoms with Crippen molar-refractivity contribution in [3.8, 4) is 5.75 Å². The maximum absolute atomic E-state index is 13.8. The summed E-state index contributed by atoms with van der Waals surface area (Å²) in [5, 5.41) is 0.797. The van der Waals surface area contributed by atoms with E-state index in [0.717, 1.165) is 11.6 Å². The van der Waals surface area contributed by atoms with Gasteiger partial charge in [-0.1, -0.05) is 29.3 Å². The molecule has 2 aromatic rings. The van der Waals surface area contributed by atoms with Crippen molar-refractivity contribution in [3.05, 3.63) is 63.4 Å². The number of likely N-dealkylation sites (N-methyl/N-ethyl adjacent to an activating group) is 1. The Kier molecular flexibility index (Phi) is 6.83. The molecule has 0 unspecified atom stereocenters. The van der Waals surface area contributed by atoms with Crippen LogP contribution in [0.15, 0.2) is 36.4 Å². The highest BCUT2D eigenvalue weighted by Crippen LogP contribution is 2.23. The van der Waals surface area contributed by atoms with E-state index in [9.17, 15) is 14.0 Å². The minimum atomic E-state index is -0.929. The van der Waals surface area contributed by atoms with Crippen LogP contribution in [0.3, 0.4) is 0 Å². The fraction of sp³-hybridized carbons (Fsp3) is 0.222. The number of halogens is 3. The summed E-state index contributed by atoms with van der Waals surface area (Å²) < 4.78 is 23.6. The molecule has 0 spiro atoms. The van der Waals surface area contributed by atoms with Crippen LogP contribution in [0.4, 0.5) is 4.39 Å². The molecule has 0 aliphatic heterocycles. The minimum absolute atomic E-state index is 0.254. The number of nitrogens with zero attached hydrogens (tertiary/aromatic N) is 1. The van der Waals surface area contributed by atoms with Gasteiger partial charge >= 0.3 is 5.97 Å². The molecule has 0 aromatic heterocycles. The lowest BCUT2D eigenvalue weighted by Gasteiger charge is -2.17. The van der Waals surface area contributed by atoms with Crippen molar-refractivity contribution in [2.45, 2.75) is 6.54 Å². The molecule has 0 heterocycles. The first kappa shape index (κ1) is 20.0. The third-order valence-electron chi connectivity index (χ3n) is 3.55. The van der Waals surface area contributed by atoms with Crippen molar-refractivity contribution >= 4 is 35.1 Å². The van der Waals surface area contributed by atoms with E-state index >= 15 is 0 Å². The molecule has 26 heavy (non-hydrogen) atoms. The van der Waals surface area contributed by atoms with E-state index in [2.05, 4.69) is 0 Å². The van der Waals surface area contributed by atoms with Gasteiger partial charge in [-0.05, 0) is 29.8 Å². The lowest BCUT2D eigenvalue weighted by Crippen LogP contribution is -2.31. The average molecular weight is 400 g/mol. The Morgan fingerprint density at radius 1 is 1.12 bits per heavy atom. The van der Waals surface area contributed by atoms with Crippen molar-refractivity contribution in [2.75, 3.05) is 20.8 Å². The first-order valence-electron chi connectivity index (χ1n) is 7.50. The lowest BCUT2D eigenvalue weighted by atomic mass is 10.2. The van der Waals surface area contributed by atoms with E-state index in [1.807, 2.05) is 0 Å². The van der Waals surface area contributed by atoms with Crippen LogP contribution in [-0.2, 0) is 16.1 Å². The van der Waals surface area contributed by atoms with Crippen LogP contribution in [0.2, 0.25) is 10.0 Å². The van der Waals surface area contributed by atoms with Crippen LogP contribution < -0.4 is 4.74 Å². The van der Waals surface area contributed by atoms with Gasteiger partial charge < -0.3 is 14.4 Å². The SMILES string of the molecule is COc1ccc(C(=O)OCC(=O)N(C)Cc2ccc(Cl)c(Cl)c2)c(F)c1. The topological polar surface area (TPSA) is 55.8 Å². The lowest BCUT2D eigenvalue weighted by molar-refractivity contribution is -0.133. The number of rotatable bonds is 6. The molecule has 0 N–H and O–H groups in total. The first-order valence-corrected chi connectivity index (χ1v) is 8.26. The second kappa shape index (κ2) is 8.87. The molecule has 0 atom stereocenters. The van der Waals surface area contributed by atoms with Crippen molar-refractivity contribution in [1.82, 2.24) is 4.90 Å². The number of ether oxygens (including phenoxy) is 2. The molecule has 0 aliphatic carbocycles. The number of hydrogen-bond acceptors (Lipinski definition) is 4. The summed E-state index contributed by atoms with van der Waals surface area (Å²) in [7, 11) is 2.93. The van der Waals surface area contributed by atoms with Gasteiger partial charge in [-0.15, -0.1) is 0 Å². The molecule has 0 saturated carbocycles. The summed E-state index contributed by atoms with van der Waals surface area (Å²) >= 11 is 11.8. The predicted octanol–water partition coefficient (Wildman–Crippen LogP) is 3.96. The summed E-state index contributed by atoms with van der Waals surface area (Å²) in [6.45, 7) is -0.258. The number of amides is 1. The highest BCUT2D eigenvalue weighted by atomic mass is 35.5. The Balaban J connectivity index is 1.92. The highest BCUT2D eigenvalue weighted by Gasteiger charge is 2.17. The Labute approximate surface area is 160 Å². The number of carbonyl (C=O) groups excluding carboxylic acids is 2. The maximum atomic E-state index is 13.8. The standard InChI is InChI=1S/C18H16Cl2FNO4/c1-22(9-11-3-6-14(19)15(20)7-11)17(23)10-26-18(24)13-5-4-12(25-2)8-16(13)21/h3-8H,9-10H2,1-2H3. The molecule has 0 bridgehead atoms. The first-order chi connectivity index (χ1) is 12.3. The van der Waals surface area contributed by atoms with E-state index < -0.39 is 24.3 Å². The van der Waals surface area contributed by atoms with E-state index in [1.165, 1.54) is 24.1 Å². The van der Waals surface area contributed by atoms with E-state index in [-0.39, 0.29) is 17.9 Å². The zero-order chi connectivity index (χ0) is 19.3. The number of carbonyl (C=O) groups is 2. The molecule has 0 radical (unpaired) electrons. The minimum Gasteiger partial charge on any atom is -0.497 e. The smallest absolute Gasteiger partial charge is 0.341 e. The van der Waals surface area contributed by atoms with E-state index in [0.29, 0.717) is 10.0 Å². The zero-order valence-corrected chi connectivity index (χ0v) is 15.6. The van der Waals surface area contributed by atoms with Crippen LogP contribution in [-0.4, -0.2) is 37.5 Å². The Morgan fingerprint density at radius 3 is 2.46 bits per heavy atom. The van der Waals surface area contributed by atoms with Crippen molar-refractivity contribution in [1.29, 1.82) is 0 Å². The normalized spacial score (nSPS) is 10.3. The van der Waals surface area contributed by atoms with Gasteiger partial charge in [0, 0.05) is 19.7 Å². The number of benzene rings is 2. The molecular formula is C18H16Cl2FNO4. The van der Waals surface area contributed by atoms with Crippen molar-refractivity contribution in [2.24, 2.45) is 0 Å². The third kappa shape index (κ3) is 5.09.